The summed E-state index contributed by atoms with van der Waals surface area (Å²) in [4.78, 5) is 1.85. The smallest absolute Gasteiger partial charge is 0.146 e. The van der Waals surface area contributed by atoms with Gasteiger partial charge in [0.1, 0.15) is 11.7 Å². The number of amidine groups is 1. The van der Waals surface area contributed by atoms with E-state index in [2.05, 4.69) is 0 Å². The van der Waals surface area contributed by atoms with Crippen molar-refractivity contribution in [3.63, 3.8) is 0 Å². The summed E-state index contributed by atoms with van der Waals surface area (Å²) in [7, 11) is 1.84. The Kier molecular flexibility index (Phi) is 3.80. The third-order valence-corrected chi connectivity index (χ3v) is 2.95. The van der Waals surface area contributed by atoms with Crippen molar-refractivity contribution in [3.05, 3.63) is 65.5 Å². The standard InChI is InChI=1S/C15H16FN3/c1-19(14-5-3-2-4-13(14)16)10-11-6-8-12(9-7-11)15(17)18/h2-9H,10H2,1H3,(H3,17,18). The molecule has 0 amide bonds. The van der Waals surface area contributed by atoms with Crippen molar-refractivity contribution in [1.29, 1.82) is 5.41 Å². The Morgan fingerprint density at radius 2 is 1.79 bits per heavy atom. The Morgan fingerprint density at radius 1 is 1.16 bits per heavy atom. The second kappa shape index (κ2) is 5.52. The van der Waals surface area contributed by atoms with Gasteiger partial charge in [-0.15, -0.1) is 0 Å². The molecule has 19 heavy (non-hydrogen) atoms. The van der Waals surface area contributed by atoms with Crippen LogP contribution >= 0.6 is 0 Å². The van der Waals surface area contributed by atoms with Gasteiger partial charge in [-0.25, -0.2) is 4.39 Å². The highest BCUT2D eigenvalue weighted by Gasteiger charge is 2.07. The van der Waals surface area contributed by atoms with Gasteiger partial charge in [0.05, 0.1) is 5.69 Å². The van der Waals surface area contributed by atoms with Crippen LogP contribution in [0.1, 0.15) is 11.1 Å². The largest absolute Gasteiger partial charge is 0.384 e. The highest BCUT2D eigenvalue weighted by molar-refractivity contribution is 5.94. The lowest BCUT2D eigenvalue weighted by Crippen LogP contribution is -2.18. The summed E-state index contributed by atoms with van der Waals surface area (Å²) in [6.07, 6.45) is 0. The third kappa shape index (κ3) is 3.10. The number of nitrogens with one attached hydrogen (secondary N) is 1. The summed E-state index contributed by atoms with van der Waals surface area (Å²) in [5.41, 5.74) is 7.70. The Balaban J connectivity index is 2.13. The van der Waals surface area contributed by atoms with Gasteiger partial charge in [0, 0.05) is 19.2 Å². The number of hydrogen-bond acceptors (Lipinski definition) is 2. The maximum atomic E-state index is 13.6. The van der Waals surface area contributed by atoms with Crippen LogP contribution in [0.4, 0.5) is 10.1 Å². The molecule has 0 unspecified atom stereocenters. The zero-order valence-corrected chi connectivity index (χ0v) is 10.7. The van der Waals surface area contributed by atoms with Crippen LogP contribution in [0.5, 0.6) is 0 Å². The van der Waals surface area contributed by atoms with E-state index in [0.29, 0.717) is 17.8 Å². The lowest BCUT2D eigenvalue weighted by Gasteiger charge is -2.20. The molecule has 3 nitrogen and oxygen atoms in total. The predicted octanol–water partition coefficient (Wildman–Crippen LogP) is 2.75. The van der Waals surface area contributed by atoms with E-state index >= 15 is 0 Å². The van der Waals surface area contributed by atoms with Crippen LogP contribution in [0.2, 0.25) is 0 Å². The molecule has 2 rings (SSSR count). The van der Waals surface area contributed by atoms with Gasteiger partial charge in [-0.05, 0) is 17.7 Å². The lowest BCUT2D eigenvalue weighted by molar-refractivity contribution is 0.622. The third-order valence-electron chi connectivity index (χ3n) is 2.95. The normalized spacial score (nSPS) is 10.2. The van der Waals surface area contributed by atoms with Crippen molar-refractivity contribution in [2.75, 3.05) is 11.9 Å². The molecular weight excluding hydrogens is 241 g/mol. The minimum atomic E-state index is -0.231. The number of nitrogens with zero attached hydrogens (tertiary/aromatic N) is 1. The molecule has 0 spiro atoms. The number of rotatable bonds is 4. The molecule has 3 N–H and O–H groups in total. The minimum absolute atomic E-state index is 0.0500. The van der Waals surface area contributed by atoms with Crippen LogP contribution in [0.15, 0.2) is 48.5 Å². The maximum absolute atomic E-state index is 13.6. The van der Waals surface area contributed by atoms with Gasteiger partial charge in [-0.3, -0.25) is 5.41 Å². The highest BCUT2D eigenvalue weighted by Crippen LogP contribution is 2.19. The number of nitrogen functional groups attached to an aromatic ring is 1. The molecule has 4 heteroatoms. The zero-order chi connectivity index (χ0) is 13.8. The Morgan fingerprint density at radius 3 is 2.37 bits per heavy atom. The van der Waals surface area contributed by atoms with Gasteiger partial charge in [-0.2, -0.15) is 0 Å². The summed E-state index contributed by atoms with van der Waals surface area (Å²) < 4.78 is 13.6. The van der Waals surface area contributed by atoms with E-state index < -0.39 is 0 Å². The molecule has 0 bridgehead atoms. The van der Waals surface area contributed by atoms with Gasteiger partial charge >= 0.3 is 0 Å². The van der Waals surface area contributed by atoms with Gasteiger partial charge in [0.2, 0.25) is 0 Å². The second-order valence-corrected chi connectivity index (χ2v) is 4.42. The molecule has 0 aliphatic carbocycles. The molecule has 0 saturated carbocycles. The van der Waals surface area contributed by atoms with Gasteiger partial charge in [-0.1, -0.05) is 36.4 Å². The second-order valence-electron chi connectivity index (χ2n) is 4.42. The van der Waals surface area contributed by atoms with E-state index in [-0.39, 0.29) is 11.7 Å². The Labute approximate surface area is 112 Å². The van der Waals surface area contributed by atoms with Crippen LogP contribution in [0.25, 0.3) is 0 Å². The topological polar surface area (TPSA) is 53.1 Å². The molecule has 0 heterocycles. The van der Waals surface area contributed by atoms with Crippen molar-refractivity contribution in [1.82, 2.24) is 0 Å². The summed E-state index contributed by atoms with van der Waals surface area (Å²) in [5.74, 6) is -0.181. The number of para-hydroxylation sites is 1. The first kappa shape index (κ1) is 13.1. The van der Waals surface area contributed by atoms with E-state index in [9.17, 15) is 4.39 Å². The zero-order valence-electron chi connectivity index (χ0n) is 10.7. The Hall–Kier alpha value is -2.36. The summed E-state index contributed by atoms with van der Waals surface area (Å²) in [6, 6.07) is 14.1. The minimum Gasteiger partial charge on any atom is -0.384 e. The number of hydrogen-bond donors (Lipinski definition) is 2. The fraction of sp³-hybridized carbons (Fsp3) is 0.133. The van der Waals surface area contributed by atoms with Crippen LogP contribution in [0, 0.1) is 11.2 Å². The van der Waals surface area contributed by atoms with Gasteiger partial charge < -0.3 is 10.6 Å². The van der Waals surface area contributed by atoms with E-state index in [1.807, 2.05) is 30.1 Å². The van der Waals surface area contributed by atoms with Crippen molar-refractivity contribution < 1.29 is 4.39 Å². The maximum Gasteiger partial charge on any atom is 0.146 e. The summed E-state index contributed by atoms with van der Waals surface area (Å²) >= 11 is 0. The van der Waals surface area contributed by atoms with Crippen molar-refractivity contribution in [2.24, 2.45) is 5.73 Å². The molecule has 0 fully saturated rings. The molecule has 2 aromatic rings. The number of nitrogens with two attached hydrogens (primary N) is 1. The highest BCUT2D eigenvalue weighted by atomic mass is 19.1. The molecule has 0 saturated heterocycles. The molecule has 2 aromatic carbocycles. The lowest BCUT2D eigenvalue weighted by atomic mass is 10.1. The monoisotopic (exact) mass is 257 g/mol. The fourth-order valence-electron chi connectivity index (χ4n) is 1.91. The molecule has 0 aliphatic heterocycles. The molecule has 0 atom stereocenters. The average molecular weight is 257 g/mol. The van der Waals surface area contributed by atoms with E-state index in [0.717, 1.165) is 5.56 Å². The first-order chi connectivity index (χ1) is 9.08. The Bertz CT molecular complexity index is 578. The van der Waals surface area contributed by atoms with Crippen molar-refractivity contribution in [2.45, 2.75) is 6.54 Å². The molecule has 0 radical (unpaired) electrons. The summed E-state index contributed by atoms with van der Waals surface area (Å²) in [6.45, 7) is 0.596. The number of anilines is 1. The van der Waals surface area contributed by atoms with Crippen LogP contribution < -0.4 is 10.6 Å². The first-order valence-corrected chi connectivity index (χ1v) is 5.97. The van der Waals surface area contributed by atoms with Crippen LogP contribution in [0.3, 0.4) is 0 Å². The SMILES string of the molecule is CN(Cc1ccc(C(=N)N)cc1)c1ccccc1F. The van der Waals surface area contributed by atoms with E-state index in [4.69, 9.17) is 11.1 Å². The van der Waals surface area contributed by atoms with Gasteiger partial charge in [0.15, 0.2) is 0 Å². The van der Waals surface area contributed by atoms with E-state index in [1.54, 1.807) is 24.3 Å². The average Bonchev–Trinajstić information content (AvgIpc) is 2.39. The van der Waals surface area contributed by atoms with Crippen molar-refractivity contribution in [3.8, 4) is 0 Å². The van der Waals surface area contributed by atoms with Gasteiger partial charge in [0.25, 0.3) is 0 Å². The molecular formula is C15H16FN3. The fourth-order valence-corrected chi connectivity index (χ4v) is 1.91. The van der Waals surface area contributed by atoms with E-state index in [1.165, 1.54) is 6.07 Å². The number of halogens is 1. The first-order valence-electron chi connectivity index (χ1n) is 5.97. The predicted molar refractivity (Wildman–Crippen MR) is 76.0 cm³/mol. The molecule has 0 aromatic heterocycles. The number of benzene rings is 2. The quantitative estimate of drug-likeness (QED) is 0.653. The summed E-state index contributed by atoms with van der Waals surface area (Å²) in [5, 5.41) is 7.33. The van der Waals surface area contributed by atoms with Crippen LogP contribution in [-0.4, -0.2) is 12.9 Å². The van der Waals surface area contributed by atoms with Crippen LogP contribution in [-0.2, 0) is 6.54 Å². The van der Waals surface area contributed by atoms with Crippen molar-refractivity contribution >= 4 is 11.5 Å². The molecule has 98 valence electrons. The molecule has 0 aliphatic rings.